The third-order valence-corrected chi connectivity index (χ3v) is 12.8. The molecule has 4 amide bonds. The molecule has 63 heavy (non-hydrogen) atoms. The van der Waals surface area contributed by atoms with Crippen molar-refractivity contribution in [3.8, 4) is 17.6 Å². The van der Waals surface area contributed by atoms with Gasteiger partial charge in [-0.3, -0.25) is 19.3 Å². The van der Waals surface area contributed by atoms with Gasteiger partial charge >= 0.3 is 12.0 Å². The molecule has 1 spiro atoms. The lowest BCUT2D eigenvalue weighted by molar-refractivity contribution is -0.178. The highest BCUT2D eigenvalue weighted by Crippen LogP contribution is 2.65. The van der Waals surface area contributed by atoms with E-state index >= 15 is 4.79 Å². The number of nitrogens with one attached hydrogen (secondary N) is 1. The van der Waals surface area contributed by atoms with Crippen molar-refractivity contribution in [2.24, 2.45) is 11.7 Å². The second-order valence-electron chi connectivity index (χ2n) is 16.5. The molecule has 3 aliphatic heterocycles. The van der Waals surface area contributed by atoms with Crippen molar-refractivity contribution >= 4 is 29.5 Å². The predicted octanol–water partition coefficient (Wildman–Crippen LogP) is 7.53. The molecule has 0 radical (unpaired) electrons. The first kappa shape index (κ1) is 41.4. The number of carbonyl (C=O) groups excluding carboxylic acids is 4. The SMILES string of the molecule is C[C@@H](NC(=O)N1C(=O)[C@@]2(c3cc(C#CC4=CCCCC4)ccc31)[C@H](c1ccc(OCCO)cc1)N1[C@H](c3ccccc3)[C@H](c3ccccc3)OC(=O)[C@H]1[C@@H]2C(N)=O)c1ccccc1. The number of rotatable bonds is 9. The van der Waals surface area contributed by atoms with Crippen LogP contribution in [0.25, 0.3) is 0 Å². The van der Waals surface area contributed by atoms with Gasteiger partial charge in [-0.25, -0.2) is 9.69 Å². The molecular weight excluding hydrogens is 793 g/mol. The van der Waals surface area contributed by atoms with Crippen LogP contribution in [0.2, 0.25) is 0 Å². The first-order chi connectivity index (χ1) is 30.7. The van der Waals surface area contributed by atoms with Crippen molar-refractivity contribution in [2.75, 3.05) is 18.1 Å². The summed E-state index contributed by atoms with van der Waals surface area (Å²) < 4.78 is 12.2. The number of amides is 4. The van der Waals surface area contributed by atoms with E-state index in [0.29, 0.717) is 28.0 Å². The van der Waals surface area contributed by atoms with Crippen molar-refractivity contribution in [2.45, 2.75) is 68.3 Å². The van der Waals surface area contributed by atoms with Crippen LogP contribution in [0.15, 0.2) is 145 Å². The van der Waals surface area contributed by atoms with Crippen molar-refractivity contribution in [1.82, 2.24) is 10.2 Å². The van der Waals surface area contributed by atoms with Crippen LogP contribution in [0.1, 0.15) is 90.2 Å². The molecule has 0 unspecified atom stereocenters. The number of imide groups is 1. The van der Waals surface area contributed by atoms with Crippen molar-refractivity contribution in [3.05, 3.63) is 178 Å². The number of nitrogens with two attached hydrogens (primary N) is 1. The van der Waals surface area contributed by atoms with E-state index in [4.69, 9.17) is 15.2 Å². The topological polar surface area (TPSA) is 152 Å². The molecule has 2 fully saturated rings. The standard InChI is InChI=1S/C52H48N4O7/c1-33(36-16-8-3-9-17-36)54-51(61)55-42-29-24-35(23-22-34-14-6-2-7-15-34)32-41(42)52(50(55)60)43(48(53)58)45-49(59)63-46(38-20-12-5-13-21-38)44(37-18-10-4-11-19-37)56(45)47(52)39-25-27-40(28-26-39)62-31-30-57/h3-5,8-14,16-21,24-29,32-33,43-47,57H,2,6-7,15,30-31H2,1H3,(H2,53,58)(H,54,61)/t33-,43-,44-,45-,46+,47+,52-/m1/s1. The van der Waals surface area contributed by atoms with Crippen LogP contribution in [-0.2, 0) is 24.5 Å². The highest BCUT2D eigenvalue weighted by atomic mass is 16.6. The fourth-order valence-corrected chi connectivity index (χ4v) is 10.1. The Morgan fingerprint density at radius 1 is 0.857 bits per heavy atom. The molecule has 1 aliphatic carbocycles. The number of urea groups is 1. The smallest absolute Gasteiger partial charge is 0.329 e. The first-order valence-electron chi connectivity index (χ1n) is 21.5. The number of cyclic esters (lactones) is 1. The predicted molar refractivity (Wildman–Crippen MR) is 237 cm³/mol. The molecule has 11 heteroatoms. The van der Waals surface area contributed by atoms with E-state index in [9.17, 15) is 19.5 Å². The number of nitrogens with zero attached hydrogens (tertiary/aromatic N) is 2. The molecule has 9 rings (SSSR count). The number of carbonyl (C=O) groups is 4. The molecule has 0 saturated carbocycles. The normalized spacial score (nSPS) is 24.3. The van der Waals surface area contributed by atoms with Gasteiger partial charge in [0.15, 0.2) is 0 Å². The van der Waals surface area contributed by atoms with Gasteiger partial charge in [-0.2, -0.15) is 0 Å². The van der Waals surface area contributed by atoms with Gasteiger partial charge in [0.05, 0.1) is 36.3 Å². The lowest BCUT2D eigenvalue weighted by atomic mass is 9.65. The Balaban J connectivity index is 1.31. The Morgan fingerprint density at radius 2 is 1.54 bits per heavy atom. The zero-order chi connectivity index (χ0) is 43.7. The van der Waals surface area contributed by atoms with Crippen molar-refractivity contribution in [3.63, 3.8) is 0 Å². The lowest BCUT2D eigenvalue weighted by Crippen LogP contribution is -2.55. The molecule has 2 saturated heterocycles. The number of allylic oxidation sites excluding steroid dienone is 2. The largest absolute Gasteiger partial charge is 0.491 e. The number of primary amides is 1. The molecule has 5 aromatic carbocycles. The van der Waals surface area contributed by atoms with E-state index < -0.39 is 65.4 Å². The number of morpholine rings is 1. The summed E-state index contributed by atoms with van der Waals surface area (Å²) in [6.45, 7) is 1.70. The Hall–Kier alpha value is -7.00. The summed E-state index contributed by atoms with van der Waals surface area (Å²) in [4.78, 5) is 63.6. The highest BCUT2D eigenvalue weighted by molar-refractivity contribution is 6.24. The van der Waals surface area contributed by atoms with Gasteiger partial charge in [0.1, 0.15) is 29.9 Å². The van der Waals surface area contributed by atoms with Crippen LogP contribution in [0, 0.1) is 17.8 Å². The summed E-state index contributed by atoms with van der Waals surface area (Å²) in [5, 5.41) is 12.6. The summed E-state index contributed by atoms with van der Waals surface area (Å²) in [5.41, 5.74) is 9.63. The summed E-state index contributed by atoms with van der Waals surface area (Å²) in [6, 6.07) is 36.2. The molecule has 11 nitrogen and oxygen atoms in total. The number of fused-ring (bicyclic) bond motifs is 3. The molecule has 0 bridgehead atoms. The summed E-state index contributed by atoms with van der Waals surface area (Å²) in [5.74, 6) is 3.25. The van der Waals surface area contributed by atoms with E-state index in [1.807, 2.05) is 103 Å². The van der Waals surface area contributed by atoms with E-state index in [1.54, 1.807) is 42.5 Å². The number of anilines is 1. The number of esters is 1. The number of aliphatic hydroxyl groups is 1. The van der Waals surface area contributed by atoms with Gasteiger partial charge in [-0.05, 0) is 96.3 Å². The van der Waals surface area contributed by atoms with Crippen LogP contribution < -0.4 is 20.7 Å². The molecule has 7 atom stereocenters. The Bertz CT molecular complexity index is 2630. The molecule has 4 N–H and O–H groups in total. The van der Waals surface area contributed by atoms with Crippen LogP contribution in [0.3, 0.4) is 0 Å². The maximum atomic E-state index is 16.2. The maximum absolute atomic E-state index is 16.2. The molecule has 3 heterocycles. The summed E-state index contributed by atoms with van der Waals surface area (Å²) >= 11 is 0. The summed E-state index contributed by atoms with van der Waals surface area (Å²) in [6.07, 6.45) is 5.23. The highest BCUT2D eigenvalue weighted by Gasteiger charge is 2.75. The first-order valence-corrected chi connectivity index (χ1v) is 21.5. The van der Waals surface area contributed by atoms with Gasteiger partial charge in [0.25, 0.3) is 0 Å². The van der Waals surface area contributed by atoms with E-state index in [-0.39, 0.29) is 18.9 Å². The Labute approximate surface area is 366 Å². The average Bonchev–Trinajstić information content (AvgIpc) is 3.78. The minimum atomic E-state index is -1.97. The van der Waals surface area contributed by atoms with E-state index in [1.165, 1.54) is 0 Å². The second kappa shape index (κ2) is 17.4. The number of hydrogen-bond acceptors (Lipinski definition) is 8. The monoisotopic (exact) mass is 840 g/mol. The summed E-state index contributed by atoms with van der Waals surface area (Å²) in [7, 11) is 0. The van der Waals surface area contributed by atoms with Gasteiger partial charge < -0.3 is 25.6 Å². The van der Waals surface area contributed by atoms with E-state index in [2.05, 4.69) is 23.2 Å². The quantitative estimate of drug-likeness (QED) is 0.102. The van der Waals surface area contributed by atoms with Gasteiger partial charge in [0, 0.05) is 5.56 Å². The minimum absolute atomic E-state index is 0.0589. The third kappa shape index (κ3) is 7.35. The average molecular weight is 841 g/mol. The number of hydrogen-bond donors (Lipinski definition) is 3. The fourth-order valence-electron chi connectivity index (χ4n) is 10.1. The fraction of sp³-hybridized carbons (Fsp3) is 0.269. The van der Waals surface area contributed by atoms with Gasteiger partial charge in [-0.1, -0.05) is 121 Å². The Kier molecular flexibility index (Phi) is 11.4. The zero-order valence-corrected chi connectivity index (χ0v) is 34.9. The Morgan fingerprint density at radius 3 is 2.19 bits per heavy atom. The second-order valence-corrected chi connectivity index (χ2v) is 16.5. The molecule has 0 aromatic heterocycles. The number of benzene rings is 5. The zero-order valence-electron chi connectivity index (χ0n) is 34.9. The maximum Gasteiger partial charge on any atom is 0.329 e. The minimum Gasteiger partial charge on any atom is -0.491 e. The van der Waals surface area contributed by atoms with E-state index in [0.717, 1.165) is 47.3 Å². The number of aliphatic hydroxyl groups excluding tert-OH is 1. The molecule has 5 aromatic rings. The lowest BCUT2D eigenvalue weighted by Gasteiger charge is -2.46. The number of ether oxygens (including phenoxy) is 2. The van der Waals surface area contributed by atoms with Crippen LogP contribution >= 0.6 is 0 Å². The molecule has 4 aliphatic rings. The van der Waals surface area contributed by atoms with Crippen LogP contribution in [0.5, 0.6) is 5.75 Å². The van der Waals surface area contributed by atoms with Gasteiger partial charge in [-0.15, -0.1) is 0 Å². The van der Waals surface area contributed by atoms with Crippen LogP contribution in [0.4, 0.5) is 10.5 Å². The van der Waals surface area contributed by atoms with Gasteiger partial charge in [0.2, 0.25) is 11.8 Å². The molecular formula is C52H48N4O7. The van der Waals surface area contributed by atoms with Crippen molar-refractivity contribution in [1.29, 1.82) is 0 Å². The van der Waals surface area contributed by atoms with Crippen molar-refractivity contribution < 1.29 is 33.8 Å². The molecule has 318 valence electrons. The third-order valence-electron chi connectivity index (χ3n) is 12.8. The van der Waals surface area contributed by atoms with Crippen LogP contribution in [-0.4, -0.2) is 53.1 Å².